The van der Waals surface area contributed by atoms with Crippen molar-refractivity contribution >= 4 is 11.6 Å². The van der Waals surface area contributed by atoms with E-state index in [1.54, 1.807) is 36.2 Å². The van der Waals surface area contributed by atoms with E-state index >= 15 is 0 Å². The fourth-order valence-corrected chi connectivity index (χ4v) is 4.09. The van der Waals surface area contributed by atoms with Crippen LogP contribution in [0.4, 0.5) is 17.6 Å². The summed E-state index contributed by atoms with van der Waals surface area (Å²) in [6.45, 7) is 0.280. The number of nitrogens with zero attached hydrogens (tertiary/aromatic N) is 4. The highest BCUT2D eigenvalue weighted by atomic mass is 35.5. The van der Waals surface area contributed by atoms with Gasteiger partial charge in [0.1, 0.15) is 41.5 Å². The highest BCUT2D eigenvalue weighted by molar-refractivity contribution is 6.30. The van der Waals surface area contributed by atoms with Crippen molar-refractivity contribution in [3.63, 3.8) is 0 Å². The van der Waals surface area contributed by atoms with Gasteiger partial charge >= 0.3 is 0 Å². The van der Waals surface area contributed by atoms with Gasteiger partial charge in [-0.25, -0.2) is 27.2 Å². The van der Waals surface area contributed by atoms with E-state index in [2.05, 4.69) is 21.9 Å². The second kappa shape index (κ2) is 11.1. The van der Waals surface area contributed by atoms with Gasteiger partial charge in [-0.2, -0.15) is 5.10 Å². The lowest BCUT2D eigenvalue weighted by molar-refractivity contribution is -0.0175. The molecule has 1 aromatic heterocycles. The van der Waals surface area contributed by atoms with Crippen molar-refractivity contribution in [2.75, 3.05) is 13.6 Å². The highest BCUT2D eigenvalue weighted by Gasteiger charge is 2.34. The van der Waals surface area contributed by atoms with E-state index in [4.69, 9.17) is 11.6 Å². The largest absolute Gasteiger partial charge is 0.382 e. The Kier molecular flexibility index (Phi) is 7.93. The molecule has 0 fully saturated rings. The molecule has 1 N–H and O–H groups in total. The number of halogens is 5. The first-order chi connectivity index (χ1) is 17.6. The van der Waals surface area contributed by atoms with Crippen LogP contribution < -0.4 is 0 Å². The molecule has 190 valence electrons. The van der Waals surface area contributed by atoms with Crippen LogP contribution in [0.15, 0.2) is 67.3 Å². The lowest BCUT2D eigenvalue weighted by Crippen LogP contribution is -2.43. The molecule has 10 heteroatoms. The van der Waals surface area contributed by atoms with Gasteiger partial charge in [0.25, 0.3) is 0 Å². The van der Waals surface area contributed by atoms with Gasteiger partial charge in [0.05, 0.1) is 17.1 Å². The molecule has 1 atom stereocenters. The second-order valence-corrected chi connectivity index (χ2v) is 9.02. The lowest BCUT2D eigenvalue weighted by atomic mass is 9.92. The van der Waals surface area contributed by atoms with Crippen LogP contribution in [0.1, 0.15) is 22.3 Å². The first-order valence-electron chi connectivity index (χ1n) is 11.1. The van der Waals surface area contributed by atoms with E-state index in [1.807, 2.05) is 0 Å². The Morgan fingerprint density at radius 3 is 2.41 bits per heavy atom. The topological polar surface area (TPSA) is 54.2 Å². The number of hydrogen-bond acceptors (Lipinski definition) is 4. The summed E-state index contributed by atoms with van der Waals surface area (Å²) in [7, 11) is 1.75. The van der Waals surface area contributed by atoms with Gasteiger partial charge in [0.15, 0.2) is 0 Å². The average molecular weight is 529 g/mol. The molecular weight excluding hydrogens is 508 g/mol. The summed E-state index contributed by atoms with van der Waals surface area (Å²) in [5, 5.41) is 15.2. The molecule has 1 heterocycles. The Balaban J connectivity index is 1.49. The average Bonchev–Trinajstić information content (AvgIpc) is 3.34. The monoisotopic (exact) mass is 528 g/mol. The molecule has 0 saturated heterocycles. The fraction of sp³-hybridized carbons (Fsp3) is 0.185. The molecule has 0 spiro atoms. The summed E-state index contributed by atoms with van der Waals surface area (Å²) < 4.78 is 57.0. The van der Waals surface area contributed by atoms with Gasteiger partial charge < -0.3 is 5.11 Å². The van der Waals surface area contributed by atoms with Crippen LogP contribution in [-0.4, -0.2) is 38.4 Å². The Hall–Kier alpha value is -3.71. The summed E-state index contributed by atoms with van der Waals surface area (Å²) >= 11 is 5.56. The van der Waals surface area contributed by atoms with Gasteiger partial charge in [0.2, 0.25) is 0 Å². The summed E-state index contributed by atoms with van der Waals surface area (Å²) in [5.74, 6) is 2.30. The van der Waals surface area contributed by atoms with E-state index in [0.717, 1.165) is 29.8 Å². The van der Waals surface area contributed by atoms with Crippen molar-refractivity contribution in [3.8, 4) is 11.8 Å². The predicted molar refractivity (Wildman–Crippen MR) is 130 cm³/mol. The molecule has 0 amide bonds. The molecule has 4 rings (SSSR count). The Bertz CT molecular complexity index is 1450. The maximum absolute atomic E-state index is 14.6. The Morgan fingerprint density at radius 2 is 1.73 bits per heavy atom. The van der Waals surface area contributed by atoms with Crippen molar-refractivity contribution in [2.45, 2.75) is 18.7 Å². The van der Waals surface area contributed by atoms with Crippen molar-refractivity contribution < 1.29 is 22.7 Å². The van der Waals surface area contributed by atoms with Gasteiger partial charge in [-0.05, 0) is 42.9 Å². The number of aromatic nitrogens is 3. The van der Waals surface area contributed by atoms with Crippen LogP contribution in [0, 0.1) is 35.1 Å². The number of benzene rings is 3. The van der Waals surface area contributed by atoms with E-state index in [9.17, 15) is 22.7 Å². The third-order valence-electron chi connectivity index (χ3n) is 5.61. The van der Waals surface area contributed by atoms with E-state index in [1.165, 1.54) is 23.4 Å². The maximum Gasteiger partial charge on any atom is 0.143 e. The van der Waals surface area contributed by atoms with Crippen LogP contribution in [0.5, 0.6) is 0 Å². The molecule has 37 heavy (non-hydrogen) atoms. The third kappa shape index (κ3) is 6.54. The van der Waals surface area contributed by atoms with E-state index in [0.29, 0.717) is 12.1 Å². The molecule has 0 aliphatic heterocycles. The molecule has 0 bridgehead atoms. The zero-order chi connectivity index (χ0) is 26.6. The Labute approximate surface area is 216 Å². The van der Waals surface area contributed by atoms with Gasteiger partial charge in [-0.15, -0.1) is 0 Å². The standard InChI is InChI=1S/C27H21ClF4N4O/c1-35(14-27(37,15-36-17-33-16-34-36)22-9-8-21(29)11-25(22)31)13-19-4-2-18(3-5-19)6-7-20-10-26(32)23(28)12-24(20)30/h2-5,8-12,16-17,37H,13-15H2,1H3. The third-order valence-corrected chi connectivity index (χ3v) is 5.90. The first kappa shape index (κ1) is 26.4. The van der Waals surface area contributed by atoms with Crippen molar-refractivity contribution in [2.24, 2.45) is 0 Å². The van der Waals surface area contributed by atoms with Gasteiger partial charge in [-0.1, -0.05) is 41.6 Å². The molecular formula is C27H21ClF4N4O. The molecule has 3 aromatic carbocycles. The quantitative estimate of drug-likeness (QED) is 0.210. The lowest BCUT2D eigenvalue weighted by Gasteiger charge is -2.33. The minimum absolute atomic E-state index is 0.00161. The minimum Gasteiger partial charge on any atom is -0.382 e. The smallest absolute Gasteiger partial charge is 0.143 e. The highest BCUT2D eigenvalue weighted by Crippen LogP contribution is 2.28. The Morgan fingerprint density at radius 1 is 0.973 bits per heavy atom. The zero-order valence-electron chi connectivity index (χ0n) is 19.6. The number of hydrogen-bond donors (Lipinski definition) is 1. The fourth-order valence-electron chi connectivity index (χ4n) is 3.94. The summed E-state index contributed by atoms with van der Waals surface area (Å²) in [6.07, 6.45) is 2.70. The number of aliphatic hydroxyl groups is 1. The molecule has 0 aliphatic carbocycles. The van der Waals surface area contributed by atoms with Crippen molar-refractivity contribution in [1.82, 2.24) is 19.7 Å². The molecule has 0 aliphatic rings. The van der Waals surface area contributed by atoms with E-state index in [-0.39, 0.29) is 29.2 Å². The van der Waals surface area contributed by atoms with Gasteiger partial charge in [0, 0.05) is 30.3 Å². The van der Waals surface area contributed by atoms with Crippen LogP contribution in [-0.2, 0) is 18.7 Å². The zero-order valence-corrected chi connectivity index (χ0v) is 20.4. The van der Waals surface area contributed by atoms with Crippen LogP contribution in [0.25, 0.3) is 0 Å². The normalized spacial score (nSPS) is 12.8. The van der Waals surface area contributed by atoms with E-state index < -0.39 is 28.9 Å². The first-order valence-corrected chi connectivity index (χ1v) is 11.4. The van der Waals surface area contributed by atoms with Crippen molar-refractivity contribution in [1.29, 1.82) is 0 Å². The molecule has 0 saturated carbocycles. The number of rotatable bonds is 7. The molecule has 0 radical (unpaired) electrons. The molecule has 4 aromatic rings. The predicted octanol–water partition coefficient (Wildman–Crippen LogP) is 4.91. The number of likely N-dealkylation sites (N-methyl/N-ethyl adjacent to an activating group) is 1. The summed E-state index contributed by atoms with van der Waals surface area (Å²) in [4.78, 5) is 5.64. The molecule has 5 nitrogen and oxygen atoms in total. The second-order valence-electron chi connectivity index (χ2n) is 8.61. The maximum atomic E-state index is 14.6. The SMILES string of the molecule is CN(Cc1ccc(C#Cc2cc(F)c(Cl)cc2F)cc1)CC(O)(Cn1cncn1)c1ccc(F)cc1F. The van der Waals surface area contributed by atoms with Crippen LogP contribution in [0.2, 0.25) is 5.02 Å². The van der Waals surface area contributed by atoms with Crippen LogP contribution in [0.3, 0.4) is 0 Å². The van der Waals surface area contributed by atoms with Crippen molar-refractivity contribution in [3.05, 3.63) is 118 Å². The van der Waals surface area contributed by atoms with Gasteiger partial charge in [-0.3, -0.25) is 4.90 Å². The van der Waals surface area contributed by atoms with Crippen LogP contribution >= 0.6 is 11.6 Å². The summed E-state index contributed by atoms with van der Waals surface area (Å²) in [5.41, 5.74) is -0.460. The minimum atomic E-state index is -1.73. The summed E-state index contributed by atoms with van der Waals surface area (Å²) in [6, 6.07) is 11.9. The molecule has 1 unspecified atom stereocenters.